The van der Waals surface area contributed by atoms with Gasteiger partial charge in [0.15, 0.2) is 0 Å². The second-order valence-electron chi connectivity index (χ2n) is 5.13. The summed E-state index contributed by atoms with van der Waals surface area (Å²) in [6.07, 6.45) is 1.08. The van der Waals surface area contributed by atoms with Gasteiger partial charge < -0.3 is 15.7 Å². The number of hydrogen-bond acceptors (Lipinski definition) is 2. The smallest absolute Gasteiger partial charge is 0.315 e. The predicted molar refractivity (Wildman–Crippen MR) is 78.1 cm³/mol. The maximum Gasteiger partial charge on any atom is 0.315 e. The van der Waals surface area contributed by atoms with Crippen LogP contribution in [0.5, 0.6) is 0 Å². The van der Waals surface area contributed by atoms with Crippen LogP contribution in [-0.4, -0.2) is 29.8 Å². The van der Waals surface area contributed by atoms with Gasteiger partial charge in [0, 0.05) is 17.1 Å². The number of aliphatic hydroxyl groups is 1. The molecule has 1 unspecified atom stereocenters. The Morgan fingerprint density at radius 2 is 2.05 bits per heavy atom. The van der Waals surface area contributed by atoms with Crippen molar-refractivity contribution >= 4 is 22.0 Å². The summed E-state index contributed by atoms with van der Waals surface area (Å²) in [6, 6.07) is 8.08. The fourth-order valence-corrected chi connectivity index (χ4v) is 2.36. The third-order valence-electron chi connectivity index (χ3n) is 3.46. The SMILES string of the molecule is CC(CNC(=O)NC1CC(O)C1)c1ccc(Br)cc1. The van der Waals surface area contributed by atoms with Gasteiger partial charge in [-0.25, -0.2) is 4.79 Å². The Bertz CT molecular complexity index is 430. The Morgan fingerprint density at radius 3 is 2.63 bits per heavy atom. The normalized spacial score (nSPS) is 23.3. The van der Waals surface area contributed by atoms with E-state index in [-0.39, 0.29) is 24.1 Å². The van der Waals surface area contributed by atoms with E-state index in [1.54, 1.807) is 0 Å². The number of benzene rings is 1. The minimum absolute atomic E-state index is 0.123. The first-order valence-corrected chi connectivity index (χ1v) is 7.32. The molecule has 4 nitrogen and oxygen atoms in total. The lowest BCUT2D eigenvalue weighted by molar-refractivity contribution is 0.0663. The standard InChI is InChI=1S/C14H19BrN2O2/c1-9(10-2-4-11(15)5-3-10)8-16-14(19)17-12-6-13(18)7-12/h2-5,9,12-13,18H,6-8H2,1H3,(H2,16,17,19). The van der Waals surface area contributed by atoms with Crippen LogP contribution < -0.4 is 10.6 Å². The van der Waals surface area contributed by atoms with E-state index in [4.69, 9.17) is 5.11 Å². The van der Waals surface area contributed by atoms with Crippen LogP contribution in [0.4, 0.5) is 4.79 Å². The number of carbonyl (C=O) groups excluding carboxylic acids is 1. The number of aliphatic hydroxyl groups excluding tert-OH is 1. The first kappa shape index (κ1) is 14.3. The predicted octanol–water partition coefficient (Wildman–Crippen LogP) is 2.38. The first-order chi connectivity index (χ1) is 9.04. The zero-order chi connectivity index (χ0) is 13.8. The molecular formula is C14H19BrN2O2. The number of carbonyl (C=O) groups is 1. The summed E-state index contributed by atoms with van der Waals surface area (Å²) in [4.78, 5) is 11.6. The summed E-state index contributed by atoms with van der Waals surface area (Å²) < 4.78 is 1.05. The van der Waals surface area contributed by atoms with Crippen LogP contribution in [0.15, 0.2) is 28.7 Å². The van der Waals surface area contributed by atoms with Gasteiger partial charge in [-0.2, -0.15) is 0 Å². The fraction of sp³-hybridized carbons (Fsp3) is 0.500. The minimum Gasteiger partial charge on any atom is -0.393 e. The molecule has 1 fully saturated rings. The van der Waals surface area contributed by atoms with E-state index < -0.39 is 0 Å². The van der Waals surface area contributed by atoms with Crippen molar-refractivity contribution in [2.24, 2.45) is 0 Å². The zero-order valence-electron chi connectivity index (χ0n) is 10.9. The molecular weight excluding hydrogens is 308 g/mol. The molecule has 1 aliphatic carbocycles. The van der Waals surface area contributed by atoms with Gasteiger partial charge in [-0.3, -0.25) is 0 Å². The quantitative estimate of drug-likeness (QED) is 0.795. The molecule has 0 aliphatic heterocycles. The van der Waals surface area contributed by atoms with Gasteiger partial charge in [0.25, 0.3) is 0 Å². The molecule has 5 heteroatoms. The molecule has 19 heavy (non-hydrogen) atoms. The van der Waals surface area contributed by atoms with Crippen LogP contribution >= 0.6 is 15.9 Å². The van der Waals surface area contributed by atoms with E-state index in [0.717, 1.165) is 4.47 Å². The van der Waals surface area contributed by atoms with Crippen LogP contribution in [0.2, 0.25) is 0 Å². The van der Waals surface area contributed by atoms with E-state index in [2.05, 4.69) is 45.6 Å². The monoisotopic (exact) mass is 326 g/mol. The number of rotatable bonds is 4. The fourth-order valence-electron chi connectivity index (χ4n) is 2.10. The van der Waals surface area contributed by atoms with Gasteiger partial charge in [-0.05, 0) is 36.5 Å². The summed E-state index contributed by atoms with van der Waals surface area (Å²) in [5.74, 6) is 0.269. The first-order valence-electron chi connectivity index (χ1n) is 6.52. The molecule has 0 spiro atoms. The summed E-state index contributed by atoms with van der Waals surface area (Å²) in [6.45, 7) is 2.68. The van der Waals surface area contributed by atoms with Crippen molar-refractivity contribution in [3.63, 3.8) is 0 Å². The second-order valence-corrected chi connectivity index (χ2v) is 6.04. The Balaban J connectivity index is 1.72. The van der Waals surface area contributed by atoms with Crippen molar-refractivity contribution in [1.29, 1.82) is 0 Å². The van der Waals surface area contributed by atoms with Crippen molar-refractivity contribution in [1.82, 2.24) is 10.6 Å². The molecule has 0 heterocycles. The number of urea groups is 1. The lowest BCUT2D eigenvalue weighted by Crippen LogP contribution is -2.50. The molecule has 0 aromatic heterocycles. The van der Waals surface area contributed by atoms with E-state index in [0.29, 0.717) is 19.4 Å². The van der Waals surface area contributed by atoms with Gasteiger partial charge >= 0.3 is 6.03 Å². The minimum atomic E-state index is -0.244. The molecule has 1 aliphatic rings. The van der Waals surface area contributed by atoms with Crippen LogP contribution in [0.1, 0.15) is 31.2 Å². The molecule has 2 rings (SSSR count). The van der Waals surface area contributed by atoms with Crippen LogP contribution in [0, 0.1) is 0 Å². The number of hydrogen-bond donors (Lipinski definition) is 3. The van der Waals surface area contributed by atoms with Gasteiger partial charge in [0.2, 0.25) is 0 Å². The van der Waals surface area contributed by atoms with Gasteiger partial charge in [0.05, 0.1) is 6.10 Å². The molecule has 2 amide bonds. The van der Waals surface area contributed by atoms with Crippen molar-refractivity contribution < 1.29 is 9.90 Å². The van der Waals surface area contributed by atoms with Crippen LogP contribution in [0.3, 0.4) is 0 Å². The third-order valence-corrected chi connectivity index (χ3v) is 3.98. The van der Waals surface area contributed by atoms with E-state index in [9.17, 15) is 4.79 Å². The molecule has 0 bridgehead atoms. The highest BCUT2D eigenvalue weighted by Gasteiger charge is 2.28. The molecule has 1 atom stereocenters. The van der Waals surface area contributed by atoms with Crippen molar-refractivity contribution in [2.45, 2.75) is 37.8 Å². The molecule has 1 aromatic rings. The molecule has 0 radical (unpaired) electrons. The van der Waals surface area contributed by atoms with Crippen molar-refractivity contribution in [3.8, 4) is 0 Å². The highest BCUT2D eigenvalue weighted by molar-refractivity contribution is 9.10. The van der Waals surface area contributed by atoms with Crippen molar-refractivity contribution in [2.75, 3.05) is 6.54 Å². The summed E-state index contributed by atoms with van der Waals surface area (Å²) >= 11 is 3.40. The number of nitrogens with one attached hydrogen (secondary N) is 2. The number of amides is 2. The van der Waals surface area contributed by atoms with Crippen LogP contribution in [0.25, 0.3) is 0 Å². The molecule has 104 valence electrons. The van der Waals surface area contributed by atoms with E-state index in [1.165, 1.54) is 5.56 Å². The second kappa shape index (κ2) is 6.39. The van der Waals surface area contributed by atoms with Crippen molar-refractivity contribution in [3.05, 3.63) is 34.3 Å². The van der Waals surface area contributed by atoms with Gasteiger partial charge in [-0.15, -0.1) is 0 Å². The van der Waals surface area contributed by atoms with Gasteiger partial charge in [-0.1, -0.05) is 35.0 Å². The topological polar surface area (TPSA) is 61.4 Å². The van der Waals surface area contributed by atoms with Gasteiger partial charge in [0.1, 0.15) is 0 Å². The highest BCUT2D eigenvalue weighted by atomic mass is 79.9. The molecule has 0 saturated heterocycles. The van der Waals surface area contributed by atoms with E-state index >= 15 is 0 Å². The Hall–Kier alpha value is -1.07. The summed E-state index contributed by atoms with van der Waals surface area (Å²) in [5.41, 5.74) is 1.20. The maximum absolute atomic E-state index is 11.6. The zero-order valence-corrected chi connectivity index (χ0v) is 12.5. The lowest BCUT2D eigenvalue weighted by Gasteiger charge is -2.32. The maximum atomic E-state index is 11.6. The number of halogens is 1. The molecule has 3 N–H and O–H groups in total. The highest BCUT2D eigenvalue weighted by Crippen LogP contribution is 2.19. The van der Waals surface area contributed by atoms with E-state index in [1.807, 2.05) is 12.1 Å². The Morgan fingerprint density at radius 1 is 1.42 bits per heavy atom. The third kappa shape index (κ3) is 4.21. The molecule has 1 aromatic carbocycles. The lowest BCUT2D eigenvalue weighted by atomic mass is 9.90. The average molecular weight is 327 g/mol. The summed E-state index contributed by atoms with van der Waals surface area (Å²) in [7, 11) is 0. The largest absolute Gasteiger partial charge is 0.393 e. The Labute approximate surface area is 121 Å². The summed E-state index contributed by atoms with van der Waals surface area (Å²) in [5, 5.41) is 14.9. The van der Waals surface area contributed by atoms with Crippen LogP contribution in [-0.2, 0) is 0 Å². The average Bonchev–Trinajstić information content (AvgIpc) is 2.35. The Kier molecular flexibility index (Phi) is 4.82. The molecule has 1 saturated carbocycles.